The van der Waals surface area contributed by atoms with E-state index in [1.807, 2.05) is 0 Å². The van der Waals surface area contributed by atoms with Crippen LogP contribution in [0.25, 0.3) is 21.5 Å². The van der Waals surface area contributed by atoms with E-state index in [1.165, 1.54) is 35.9 Å². The summed E-state index contributed by atoms with van der Waals surface area (Å²) < 4.78 is 1.51. The van der Waals surface area contributed by atoms with Crippen LogP contribution in [0, 0.1) is 6.08 Å². The Hall–Kier alpha value is -0.660. The van der Waals surface area contributed by atoms with Gasteiger partial charge in [-0.25, -0.2) is 11.3 Å². The second-order valence-corrected chi connectivity index (χ2v) is 20.2. The molecule has 0 atom stereocenters. The molecule has 1 aliphatic carbocycles. The molecule has 1 aliphatic rings. The van der Waals surface area contributed by atoms with E-state index in [2.05, 4.69) is 136 Å². The molecule has 196 valence electrons. The number of hydrogen-bond donors (Lipinski definition) is 0. The van der Waals surface area contributed by atoms with Gasteiger partial charge in [-0.1, -0.05) is 96.6 Å². The third-order valence-electron chi connectivity index (χ3n) is 6.00. The van der Waals surface area contributed by atoms with Crippen molar-refractivity contribution in [1.82, 2.24) is 0 Å². The van der Waals surface area contributed by atoms with Crippen molar-refractivity contribution in [3.8, 4) is 0 Å². The van der Waals surface area contributed by atoms with Crippen molar-refractivity contribution in [1.29, 1.82) is 0 Å². The predicted octanol–water partition coefficient (Wildman–Crippen LogP) is 3.61. The maximum absolute atomic E-state index is 3.20. The topological polar surface area (TPSA) is 0 Å². The van der Waals surface area contributed by atoms with Gasteiger partial charge in [0.25, 0.3) is 0 Å². The van der Waals surface area contributed by atoms with Gasteiger partial charge in [0.1, 0.15) is 0 Å². The zero-order valence-corrected chi connectivity index (χ0v) is 29.1. The van der Waals surface area contributed by atoms with Crippen LogP contribution in [-0.4, -0.2) is 11.3 Å². The summed E-state index contributed by atoms with van der Waals surface area (Å²) in [7, 11) is -0.981. The van der Waals surface area contributed by atoms with Crippen molar-refractivity contribution >= 4 is 32.8 Å². The first-order valence-corrected chi connectivity index (χ1v) is 17.2. The Morgan fingerprint density at radius 1 is 0.806 bits per heavy atom. The summed E-state index contributed by atoms with van der Waals surface area (Å²) in [6, 6.07) is 16.2. The normalized spacial score (nSPS) is 13.1. The fraction of sp³-hybridized carbons (Fsp3) is 0.438. The first kappa shape index (κ1) is 35.3. The largest absolute Gasteiger partial charge is 1.00 e. The molecule has 3 aromatic carbocycles. The van der Waals surface area contributed by atoms with Gasteiger partial charge in [0, 0.05) is 0 Å². The van der Waals surface area contributed by atoms with Crippen LogP contribution in [0.4, 0.5) is 0 Å². The third kappa shape index (κ3) is 10.2. The van der Waals surface area contributed by atoms with Crippen molar-refractivity contribution in [3.63, 3.8) is 0 Å². The summed E-state index contributed by atoms with van der Waals surface area (Å²) in [5, 5.41) is 7.03. The molecule has 0 unspecified atom stereocenters. The Morgan fingerprint density at radius 3 is 1.44 bits per heavy atom. The zero-order valence-electron chi connectivity index (χ0n) is 24.2. The summed E-state index contributed by atoms with van der Waals surface area (Å²) in [5.74, 6) is 0. The van der Waals surface area contributed by atoms with E-state index in [-0.39, 0.29) is 35.6 Å². The standard InChI is InChI=1S/C21H25.C8H13Si.C3H6.2ClH.Zr/c1-20(2,3)16-7-9-18-14(12-16)11-15-13-17(21(4,5)6)8-10-19(15)18;1-9(2,3)8-6-4-5-7-8;1-3-2;;;/h7-13H,1-6H3;6-7H,4H2,1-3H3;1-2H3;2*1H;/q2*-1;;;;+2/p-2. The van der Waals surface area contributed by atoms with Crippen LogP contribution in [0.2, 0.25) is 19.6 Å². The third-order valence-corrected chi connectivity index (χ3v) is 8.08. The van der Waals surface area contributed by atoms with Gasteiger partial charge in [0.2, 0.25) is 0 Å². The fourth-order valence-corrected chi connectivity index (χ4v) is 5.12. The van der Waals surface area contributed by atoms with Gasteiger partial charge in [-0.2, -0.15) is 6.08 Å². The maximum Gasteiger partial charge on any atom is -0.0114 e. The molecule has 4 heteroatoms. The molecule has 0 saturated carbocycles. The van der Waals surface area contributed by atoms with E-state index in [0.717, 1.165) is 6.42 Å². The number of fused-ring (bicyclic) bond motifs is 3. The van der Waals surface area contributed by atoms with E-state index < -0.39 is 8.07 Å². The van der Waals surface area contributed by atoms with Gasteiger partial charge in [-0.15, -0.1) is 46.2 Å². The molecular weight excluding hydrogens is 575 g/mol. The minimum atomic E-state index is -0.981. The Labute approximate surface area is 249 Å². The van der Waals surface area contributed by atoms with Crippen molar-refractivity contribution in [3.05, 3.63) is 77.0 Å². The van der Waals surface area contributed by atoms with Crippen molar-refractivity contribution in [2.75, 3.05) is 0 Å². The molecule has 0 heterocycles. The number of allylic oxidation sites excluding steroid dienone is 4. The average molecular weight is 619 g/mol. The molecule has 0 bridgehead atoms. The van der Waals surface area contributed by atoms with E-state index in [4.69, 9.17) is 0 Å². The van der Waals surface area contributed by atoms with Crippen LogP contribution in [0.15, 0.2) is 59.8 Å². The van der Waals surface area contributed by atoms with Crippen molar-refractivity contribution in [2.45, 2.75) is 92.3 Å². The first-order chi connectivity index (χ1) is 15.5. The van der Waals surface area contributed by atoms with E-state index in [1.54, 1.807) is 29.4 Å². The zero-order chi connectivity index (χ0) is 25.9. The molecule has 0 saturated heterocycles. The van der Waals surface area contributed by atoms with Crippen LogP contribution < -0.4 is 24.8 Å². The second-order valence-electron chi connectivity index (χ2n) is 12.7. The van der Waals surface area contributed by atoms with Gasteiger partial charge < -0.3 is 24.8 Å². The van der Waals surface area contributed by atoms with Crippen LogP contribution in [0.3, 0.4) is 0 Å². The van der Waals surface area contributed by atoms with Crippen molar-refractivity contribution < 1.29 is 49.0 Å². The Kier molecular flexibility index (Phi) is 13.7. The van der Waals surface area contributed by atoms with Crippen molar-refractivity contribution in [2.24, 2.45) is 0 Å². The summed E-state index contributed by atoms with van der Waals surface area (Å²) in [6.45, 7) is 25.0. The van der Waals surface area contributed by atoms with Crippen LogP contribution >= 0.6 is 0 Å². The first-order valence-electron chi connectivity index (χ1n) is 12.4. The SMILES string of the molecule is CC(C)(C)c1ccc2c(c1)[cH-]c1cc(C(C)(C)C)ccc12.C[C](C)=[Zr+2].C[Si](C)(C)C1=CC[C-]=C1.[Cl-].[Cl-]. The van der Waals surface area contributed by atoms with Gasteiger partial charge in [-0.3, -0.25) is 6.08 Å². The summed E-state index contributed by atoms with van der Waals surface area (Å²) in [6.07, 6.45) is 8.69. The molecule has 0 N–H and O–H groups in total. The smallest absolute Gasteiger partial charge is 0.0114 e. The Bertz CT molecular complexity index is 1140. The molecule has 4 rings (SSSR count). The number of benzene rings is 2. The molecule has 0 aliphatic heterocycles. The van der Waals surface area contributed by atoms with E-state index in [0.29, 0.717) is 0 Å². The van der Waals surface area contributed by atoms with Gasteiger partial charge in [0.05, 0.1) is 0 Å². The molecule has 0 aromatic heterocycles. The monoisotopic (exact) mass is 616 g/mol. The number of halogens is 2. The molecule has 36 heavy (non-hydrogen) atoms. The summed E-state index contributed by atoms with van der Waals surface area (Å²) in [5.41, 5.74) is 3.21. The van der Waals surface area contributed by atoms with E-state index >= 15 is 0 Å². The predicted molar refractivity (Wildman–Crippen MR) is 155 cm³/mol. The number of hydrogen-bond acceptors (Lipinski definition) is 0. The number of rotatable bonds is 1. The molecule has 0 fully saturated rings. The van der Waals surface area contributed by atoms with Crippen LogP contribution in [-0.2, 0) is 35.1 Å². The molecule has 0 amide bonds. The van der Waals surface area contributed by atoms with Crippen LogP contribution in [0.1, 0.15) is 72.9 Å². The minimum Gasteiger partial charge on any atom is -1.00 e. The van der Waals surface area contributed by atoms with Gasteiger partial charge >= 0.3 is 41.3 Å². The molecular formula is C32H44Cl2SiZr-2. The molecule has 0 radical (unpaired) electrons. The molecule has 0 nitrogen and oxygen atoms in total. The van der Waals surface area contributed by atoms with Crippen LogP contribution in [0.5, 0.6) is 0 Å². The van der Waals surface area contributed by atoms with Gasteiger partial charge in [-0.05, 0) is 18.9 Å². The van der Waals surface area contributed by atoms with Gasteiger partial charge in [0.15, 0.2) is 0 Å². The average Bonchev–Trinajstić information content (AvgIpc) is 3.33. The molecule has 3 aromatic rings. The van der Waals surface area contributed by atoms with E-state index in [9.17, 15) is 0 Å². The Morgan fingerprint density at radius 2 is 1.19 bits per heavy atom. The maximum atomic E-state index is 3.20. The summed E-state index contributed by atoms with van der Waals surface area (Å²) in [4.78, 5) is 0. The minimum absolute atomic E-state index is 0. The Balaban J connectivity index is 0.000000686. The molecule has 0 spiro atoms. The summed E-state index contributed by atoms with van der Waals surface area (Å²) >= 11 is 1.55. The fourth-order valence-electron chi connectivity index (χ4n) is 3.87. The quantitative estimate of drug-likeness (QED) is 0.289. The second kappa shape index (κ2) is 13.9.